The SMILES string of the molecule is CCC[N+]1=C(n2nc(C)c(C)c2C)N=C2C1C(=O)N(Cc1ccc(OC)cc1)C(=O)N2C. The Kier molecular flexibility index (Phi) is 5.58. The standard InChI is InChI=1S/C23H29N6O3/c1-7-12-27-19-20(24-22(27)29-16(4)14(2)15(3)25-29)26(5)23(31)28(21(19)30)13-17-8-10-18(32-6)11-9-17/h8-11,19H,7,12-13H2,1-6H3/q+1. The molecule has 3 heterocycles. The third kappa shape index (κ3) is 3.37. The van der Waals surface area contributed by atoms with E-state index in [0.717, 1.165) is 34.7 Å². The maximum atomic E-state index is 13.6. The summed E-state index contributed by atoms with van der Waals surface area (Å²) in [5.41, 5.74) is 3.82. The van der Waals surface area contributed by atoms with Crippen molar-refractivity contribution in [2.45, 2.75) is 46.7 Å². The molecule has 2 aromatic rings. The minimum atomic E-state index is -0.657. The minimum Gasteiger partial charge on any atom is -0.497 e. The number of urea groups is 1. The lowest BCUT2D eigenvalue weighted by Gasteiger charge is -2.34. The molecule has 0 N–H and O–H groups in total. The predicted octanol–water partition coefficient (Wildman–Crippen LogP) is 2.32. The molecule has 4 rings (SSSR count). The van der Waals surface area contributed by atoms with Gasteiger partial charge in [-0.2, -0.15) is 0 Å². The first-order valence-electron chi connectivity index (χ1n) is 10.8. The number of rotatable bonds is 5. The third-order valence-electron chi connectivity index (χ3n) is 6.20. The molecule has 0 spiro atoms. The van der Waals surface area contributed by atoms with Crippen LogP contribution in [-0.2, 0) is 11.3 Å². The number of aryl methyl sites for hydroxylation is 1. The number of amidine groups is 1. The number of carbonyl (C=O) groups excluding carboxylic acids is 2. The van der Waals surface area contributed by atoms with Gasteiger partial charge in [-0.15, -0.1) is 9.78 Å². The number of benzene rings is 1. The van der Waals surface area contributed by atoms with Crippen molar-refractivity contribution in [3.63, 3.8) is 0 Å². The molecular weight excluding hydrogens is 408 g/mol. The van der Waals surface area contributed by atoms with E-state index in [1.54, 1.807) is 18.8 Å². The van der Waals surface area contributed by atoms with Crippen LogP contribution in [-0.4, -0.2) is 74.6 Å². The van der Waals surface area contributed by atoms with Gasteiger partial charge in [-0.3, -0.25) is 14.6 Å². The zero-order valence-electron chi connectivity index (χ0n) is 19.4. The first-order valence-corrected chi connectivity index (χ1v) is 10.8. The minimum absolute atomic E-state index is 0.185. The zero-order chi connectivity index (χ0) is 23.2. The van der Waals surface area contributed by atoms with Crippen molar-refractivity contribution in [2.75, 3.05) is 20.7 Å². The maximum Gasteiger partial charge on any atom is 0.421 e. The van der Waals surface area contributed by atoms with E-state index in [1.165, 1.54) is 9.80 Å². The van der Waals surface area contributed by atoms with Crippen LogP contribution in [0.2, 0.25) is 0 Å². The molecule has 0 aliphatic carbocycles. The van der Waals surface area contributed by atoms with Crippen LogP contribution in [0.15, 0.2) is 29.3 Å². The van der Waals surface area contributed by atoms with Gasteiger partial charge in [0.25, 0.3) is 5.91 Å². The van der Waals surface area contributed by atoms with Gasteiger partial charge in [0.05, 0.1) is 25.9 Å². The fourth-order valence-electron chi connectivity index (χ4n) is 4.12. The van der Waals surface area contributed by atoms with Crippen LogP contribution in [0.3, 0.4) is 0 Å². The number of fused-ring (bicyclic) bond motifs is 1. The van der Waals surface area contributed by atoms with Crippen LogP contribution in [0.1, 0.15) is 35.9 Å². The number of hydrogen-bond donors (Lipinski definition) is 0. The number of amides is 3. The van der Waals surface area contributed by atoms with E-state index < -0.39 is 6.04 Å². The molecule has 0 saturated carbocycles. The second-order valence-electron chi connectivity index (χ2n) is 8.19. The van der Waals surface area contributed by atoms with Gasteiger partial charge in [-0.25, -0.2) is 9.37 Å². The Hall–Kier alpha value is -3.49. The number of methoxy groups -OCH3 is 1. The van der Waals surface area contributed by atoms with E-state index in [9.17, 15) is 9.59 Å². The molecule has 1 unspecified atom stereocenters. The topological polar surface area (TPSA) is 83.0 Å². The quantitative estimate of drug-likeness (QED) is 0.672. The second-order valence-corrected chi connectivity index (χ2v) is 8.19. The summed E-state index contributed by atoms with van der Waals surface area (Å²) >= 11 is 0. The zero-order valence-corrected chi connectivity index (χ0v) is 19.4. The van der Waals surface area contributed by atoms with Crippen molar-refractivity contribution in [1.29, 1.82) is 0 Å². The Morgan fingerprint density at radius 3 is 2.38 bits per heavy atom. The lowest BCUT2D eigenvalue weighted by Crippen LogP contribution is -2.62. The van der Waals surface area contributed by atoms with Gasteiger partial charge in [0.1, 0.15) is 11.4 Å². The first-order chi connectivity index (χ1) is 15.3. The Morgan fingerprint density at radius 2 is 1.81 bits per heavy atom. The van der Waals surface area contributed by atoms with Gasteiger partial charge in [0.15, 0.2) is 0 Å². The normalized spacial score (nSPS) is 18.4. The number of aliphatic imine (C=N–C) groups is 1. The molecular formula is C23H29N6O3+. The maximum absolute atomic E-state index is 13.6. The third-order valence-corrected chi connectivity index (χ3v) is 6.20. The highest BCUT2D eigenvalue weighted by molar-refractivity contribution is 6.22. The van der Waals surface area contributed by atoms with Crippen molar-refractivity contribution in [2.24, 2.45) is 4.99 Å². The summed E-state index contributed by atoms with van der Waals surface area (Å²) in [4.78, 5) is 34.2. The summed E-state index contributed by atoms with van der Waals surface area (Å²) in [6.45, 7) is 8.82. The molecule has 1 fully saturated rings. The molecule has 1 saturated heterocycles. The van der Waals surface area contributed by atoms with Crippen LogP contribution in [0.25, 0.3) is 0 Å². The van der Waals surface area contributed by atoms with E-state index in [4.69, 9.17) is 9.73 Å². The molecule has 1 aromatic carbocycles. The highest BCUT2D eigenvalue weighted by atomic mass is 16.5. The van der Waals surface area contributed by atoms with Crippen molar-refractivity contribution in [3.8, 4) is 5.75 Å². The highest BCUT2D eigenvalue weighted by Gasteiger charge is 2.53. The average Bonchev–Trinajstić information content (AvgIpc) is 3.28. The smallest absolute Gasteiger partial charge is 0.421 e. The molecule has 3 amide bonds. The summed E-state index contributed by atoms with van der Waals surface area (Å²) in [5.74, 6) is 1.48. The molecule has 0 bridgehead atoms. The lowest BCUT2D eigenvalue weighted by molar-refractivity contribution is -0.537. The number of hydrogen-bond acceptors (Lipinski definition) is 5. The van der Waals surface area contributed by atoms with Gasteiger partial charge in [0.2, 0.25) is 11.9 Å². The van der Waals surface area contributed by atoms with Gasteiger partial charge >= 0.3 is 12.0 Å². The van der Waals surface area contributed by atoms with Crippen molar-refractivity contribution in [1.82, 2.24) is 19.6 Å². The number of aromatic nitrogens is 2. The fourth-order valence-corrected chi connectivity index (χ4v) is 4.12. The molecule has 9 heteroatoms. The molecule has 9 nitrogen and oxygen atoms in total. The Balaban J connectivity index is 1.74. The monoisotopic (exact) mass is 437 g/mol. The van der Waals surface area contributed by atoms with Crippen molar-refractivity contribution < 1.29 is 18.9 Å². The van der Waals surface area contributed by atoms with E-state index in [0.29, 0.717) is 18.3 Å². The van der Waals surface area contributed by atoms with Crippen LogP contribution in [0.4, 0.5) is 4.79 Å². The Bertz CT molecular complexity index is 1150. The van der Waals surface area contributed by atoms with Gasteiger partial charge < -0.3 is 4.74 Å². The van der Waals surface area contributed by atoms with Crippen LogP contribution < -0.4 is 4.74 Å². The summed E-state index contributed by atoms with van der Waals surface area (Å²) < 4.78 is 8.94. The molecule has 1 aromatic heterocycles. The second kappa shape index (κ2) is 8.22. The van der Waals surface area contributed by atoms with Gasteiger partial charge in [-0.1, -0.05) is 24.0 Å². The van der Waals surface area contributed by atoms with Crippen molar-refractivity contribution >= 4 is 23.7 Å². The number of imide groups is 1. The molecule has 168 valence electrons. The van der Waals surface area contributed by atoms with E-state index in [1.807, 2.05) is 49.6 Å². The number of likely N-dealkylation sites (N-methyl/N-ethyl adjacent to an activating group) is 1. The number of ether oxygens (including phenoxy) is 1. The van der Waals surface area contributed by atoms with Crippen molar-refractivity contribution in [3.05, 3.63) is 46.8 Å². The van der Waals surface area contributed by atoms with Crippen LogP contribution >= 0.6 is 0 Å². The predicted molar refractivity (Wildman–Crippen MR) is 120 cm³/mol. The summed E-state index contributed by atoms with van der Waals surface area (Å²) in [6, 6.07) is 6.31. The molecule has 0 radical (unpaired) electrons. The van der Waals surface area contributed by atoms with E-state index in [-0.39, 0.29) is 18.5 Å². The Labute approximate surface area is 187 Å². The summed E-state index contributed by atoms with van der Waals surface area (Å²) in [5, 5.41) is 4.65. The average molecular weight is 438 g/mol. The van der Waals surface area contributed by atoms with E-state index in [2.05, 4.69) is 12.0 Å². The van der Waals surface area contributed by atoms with Crippen LogP contribution in [0, 0.1) is 20.8 Å². The van der Waals surface area contributed by atoms with Gasteiger partial charge in [-0.05, 0) is 44.9 Å². The molecule has 2 aliphatic heterocycles. The number of nitrogens with zero attached hydrogens (tertiary/aromatic N) is 6. The molecule has 1 atom stereocenters. The fraction of sp³-hybridized carbons (Fsp3) is 0.435. The number of carbonyl (C=O) groups is 2. The van der Waals surface area contributed by atoms with Crippen LogP contribution in [0.5, 0.6) is 5.75 Å². The van der Waals surface area contributed by atoms with Gasteiger partial charge in [0, 0.05) is 12.6 Å². The summed E-state index contributed by atoms with van der Waals surface area (Å²) in [6.07, 6.45) is 0.824. The molecule has 2 aliphatic rings. The highest BCUT2D eigenvalue weighted by Crippen LogP contribution is 2.24. The van der Waals surface area contributed by atoms with E-state index >= 15 is 0 Å². The largest absolute Gasteiger partial charge is 0.497 e. The summed E-state index contributed by atoms with van der Waals surface area (Å²) in [7, 11) is 3.27. The Morgan fingerprint density at radius 1 is 1.12 bits per heavy atom. The lowest BCUT2D eigenvalue weighted by atomic mass is 10.1. The molecule has 32 heavy (non-hydrogen) atoms. The first kappa shape index (κ1) is 21.7.